The van der Waals surface area contributed by atoms with E-state index in [2.05, 4.69) is 17.1 Å². The summed E-state index contributed by atoms with van der Waals surface area (Å²) >= 11 is 0. The molecule has 2 aliphatic rings. The van der Waals surface area contributed by atoms with Gasteiger partial charge in [0.05, 0.1) is 0 Å². The lowest BCUT2D eigenvalue weighted by atomic mass is 9.60. The molecule has 2 rings (SSSR count). The molecule has 0 atom stereocenters. The molecular weight excluding hydrogens is 176 g/mol. The zero-order valence-corrected chi connectivity index (χ0v) is 8.96. The van der Waals surface area contributed by atoms with Crippen molar-refractivity contribution in [2.24, 2.45) is 5.41 Å². The Labute approximate surface area is 85.8 Å². The average molecular weight is 196 g/mol. The third-order valence-corrected chi connectivity index (χ3v) is 3.61. The fourth-order valence-corrected chi connectivity index (χ4v) is 2.90. The second-order valence-corrected chi connectivity index (χ2v) is 4.95. The molecule has 1 N–H and O–H groups in total. The SMILES string of the molecule is CCCCN1CC2(CC(NC=O)C2)C1. The number of rotatable bonds is 5. The van der Waals surface area contributed by atoms with Crippen molar-refractivity contribution < 1.29 is 4.79 Å². The van der Waals surface area contributed by atoms with Gasteiger partial charge in [-0.05, 0) is 31.2 Å². The summed E-state index contributed by atoms with van der Waals surface area (Å²) in [5.41, 5.74) is 0.592. The Bertz CT molecular complexity index is 203. The van der Waals surface area contributed by atoms with Gasteiger partial charge >= 0.3 is 0 Å². The minimum absolute atomic E-state index is 0.473. The lowest BCUT2D eigenvalue weighted by Crippen LogP contribution is -2.65. The van der Waals surface area contributed by atoms with Crippen LogP contribution in [0.2, 0.25) is 0 Å². The summed E-state index contributed by atoms with van der Waals surface area (Å²) in [5, 5.41) is 2.86. The van der Waals surface area contributed by atoms with Crippen molar-refractivity contribution in [2.75, 3.05) is 19.6 Å². The maximum Gasteiger partial charge on any atom is 0.207 e. The van der Waals surface area contributed by atoms with Crippen LogP contribution in [0.1, 0.15) is 32.6 Å². The van der Waals surface area contributed by atoms with Crippen molar-refractivity contribution >= 4 is 6.41 Å². The van der Waals surface area contributed by atoms with Gasteiger partial charge in [-0.3, -0.25) is 4.79 Å². The molecule has 0 bridgehead atoms. The standard InChI is InChI=1S/C11H20N2O/c1-2-3-4-13-7-11(8-13)5-10(6-11)12-9-14/h9-10H,2-8H2,1H3,(H,12,14). The lowest BCUT2D eigenvalue weighted by molar-refractivity contribution is -0.115. The molecule has 1 saturated carbocycles. The van der Waals surface area contributed by atoms with Crippen molar-refractivity contribution in [1.29, 1.82) is 0 Å². The Kier molecular flexibility index (Phi) is 2.77. The first-order chi connectivity index (χ1) is 6.78. The monoisotopic (exact) mass is 196 g/mol. The molecule has 1 heterocycles. The van der Waals surface area contributed by atoms with Gasteiger partial charge in [0.15, 0.2) is 0 Å². The predicted molar refractivity (Wildman–Crippen MR) is 56.0 cm³/mol. The largest absolute Gasteiger partial charge is 0.356 e. The molecule has 1 aliphatic carbocycles. The Morgan fingerprint density at radius 1 is 1.50 bits per heavy atom. The lowest BCUT2D eigenvalue weighted by Gasteiger charge is -2.59. The molecule has 0 aromatic carbocycles. The zero-order chi connectivity index (χ0) is 10.0. The second kappa shape index (κ2) is 3.89. The number of carbonyl (C=O) groups excluding carboxylic acids is 1. The quantitative estimate of drug-likeness (QED) is 0.665. The highest BCUT2D eigenvalue weighted by Crippen LogP contribution is 2.48. The highest BCUT2D eigenvalue weighted by Gasteiger charge is 2.51. The number of hydrogen-bond acceptors (Lipinski definition) is 2. The Morgan fingerprint density at radius 2 is 2.21 bits per heavy atom. The van der Waals surface area contributed by atoms with Crippen molar-refractivity contribution in [3.63, 3.8) is 0 Å². The van der Waals surface area contributed by atoms with Crippen LogP contribution < -0.4 is 5.32 Å². The molecule has 0 aromatic heterocycles. The molecule has 0 unspecified atom stereocenters. The van der Waals surface area contributed by atoms with E-state index in [1.54, 1.807) is 0 Å². The van der Waals surface area contributed by atoms with E-state index in [0.717, 1.165) is 6.41 Å². The zero-order valence-electron chi connectivity index (χ0n) is 8.96. The predicted octanol–water partition coefficient (Wildman–Crippen LogP) is 0.997. The molecule has 2 fully saturated rings. The number of hydrogen-bond donors (Lipinski definition) is 1. The molecule has 0 aromatic rings. The molecular formula is C11H20N2O. The normalized spacial score (nSPS) is 25.5. The Balaban J connectivity index is 1.62. The summed E-state index contributed by atoms with van der Waals surface area (Å²) in [6.45, 7) is 6.04. The molecule has 80 valence electrons. The van der Waals surface area contributed by atoms with E-state index in [4.69, 9.17) is 0 Å². The highest BCUT2D eigenvalue weighted by atomic mass is 16.1. The molecule has 3 nitrogen and oxygen atoms in total. The molecule has 1 aliphatic heterocycles. The summed E-state index contributed by atoms with van der Waals surface area (Å²) in [6.07, 6.45) is 5.86. The van der Waals surface area contributed by atoms with Crippen LogP contribution in [0.4, 0.5) is 0 Å². The van der Waals surface area contributed by atoms with Crippen LogP contribution >= 0.6 is 0 Å². The Hall–Kier alpha value is -0.570. The van der Waals surface area contributed by atoms with Crippen LogP contribution in [0.5, 0.6) is 0 Å². The number of carbonyl (C=O) groups is 1. The second-order valence-electron chi connectivity index (χ2n) is 4.95. The average Bonchev–Trinajstić information content (AvgIpc) is 2.05. The number of unbranched alkanes of at least 4 members (excludes halogenated alkanes) is 1. The van der Waals surface area contributed by atoms with Crippen LogP contribution in [0.15, 0.2) is 0 Å². The fraction of sp³-hybridized carbons (Fsp3) is 0.909. The number of nitrogens with one attached hydrogen (secondary N) is 1. The molecule has 3 heteroatoms. The third kappa shape index (κ3) is 1.78. The van der Waals surface area contributed by atoms with Gasteiger partial charge in [0.2, 0.25) is 6.41 Å². The van der Waals surface area contributed by atoms with Crippen molar-refractivity contribution in [2.45, 2.75) is 38.6 Å². The van der Waals surface area contributed by atoms with Crippen LogP contribution in [-0.2, 0) is 4.79 Å². The van der Waals surface area contributed by atoms with Gasteiger partial charge in [-0.2, -0.15) is 0 Å². The summed E-state index contributed by atoms with van der Waals surface area (Å²) in [6, 6.07) is 0.473. The van der Waals surface area contributed by atoms with Crippen LogP contribution in [0.3, 0.4) is 0 Å². The molecule has 0 radical (unpaired) electrons. The smallest absolute Gasteiger partial charge is 0.207 e. The van der Waals surface area contributed by atoms with Gasteiger partial charge in [0.1, 0.15) is 0 Å². The summed E-state index contributed by atoms with van der Waals surface area (Å²) in [7, 11) is 0. The minimum atomic E-state index is 0.473. The van der Waals surface area contributed by atoms with E-state index in [-0.39, 0.29) is 0 Å². The van der Waals surface area contributed by atoms with E-state index in [0.29, 0.717) is 11.5 Å². The number of amides is 1. The maximum atomic E-state index is 10.2. The molecule has 1 saturated heterocycles. The van der Waals surface area contributed by atoms with Crippen molar-refractivity contribution in [3.05, 3.63) is 0 Å². The number of likely N-dealkylation sites (tertiary alicyclic amines) is 1. The molecule has 1 amide bonds. The van der Waals surface area contributed by atoms with Crippen molar-refractivity contribution in [1.82, 2.24) is 10.2 Å². The molecule has 14 heavy (non-hydrogen) atoms. The van der Waals surface area contributed by atoms with Gasteiger partial charge in [0, 0.05) is 19.1 Å². The first-order valence-electron chi connectivity index (χ1n) is 5.70. The van der Waals surface area contributed by atoms with E-state index >= 15 is 0 Å². The van der Waals surface area contributed by atoms with Gasteiger partial charge in [-0.1, -0.05) is 13.3 Å². The van der Waals surface area contributed by atoms with Crippen LogP contribution in [0, 0.1) is 5.41 Å². The first-order valence-corrected chi connectivity index (χ1v) is 5.70. The van der Waals surface area contributed by atoms with Gasteiger partial charge in [-0.25, -0.2) is 0 Å². The topological polar surface area (TPSA) is 32.3 Å². The van der Waals surface area contributed by atoms with Gasteiger partial charge in [-0.15, -0.1) is 0 Å². The van der Waals surface area contributed by atoms with E-state index in [9.17, 15) is 4.79 Å². The first kappa shape index (κ1) is 9.97. The van der Waals surface area contributed by atoms with E-state index in [1.807, 2.05) is 0 Å². The fourth-order valence-electron chi connectivity index (χ4n) is 2.90. The van der Waals surface area contributed by atoms with Crippen molar-refractivity contribution in [3.8, 4) is 0 Å². The minimum Gasteiger partial charge on any atom is -0.356 e. The third-order valence-electron chi connectivity index (χ3n) is 3.61. The van der Waals surface area contributed by atoms with E-state index in [1.165, 1.54) is 45.3 Å². The summed E-state index contributed by atoms with van der Waals surface area (Å²) in [5.74, 6) is 0. The Morgan fingerprint density at radius 3 is 2.79 bits per heavy atom. The van der Waals surface area contributed by atoms with E-state index < -0.39 is 0 Å². The van der Waals surface area contributed by atoms with Gasteiger partial charge in [0.25, 0.3) is 0 Å². The number of nitrogens with zero attached hydrogens (tertiary/aromatic N) is 1. The highest BCUT2D eigenvalue weighted by molar-refractivity contribution is 5.47. The summed E-state index contributed by atoms with van der Waals surface area (Å²) < 4.78 is 0. The van der Waals surface area contributed by atoms with Crippen LogP contribution in [-0.4, -0.2) is 37.0 Å². The summed E-state index contributed by atoms with van der Waals surface area (Å²) in [4.78, 5) is 12.8. The molecule has 1 spiro atoms. The maximum absolute atomic E-state index is 10.2. The van der Waals surface area contributed by atoms with Gasteiger partial charge < -0.3 is 10.2 Å². The van der Waals surface area contributed by atoms with Crippen LogP contribution in [0.25, 0.3) is 0 Å².